The van der Waals surface area contributed by atoms with E-state index in [4.69, 9.17) is 14.2 Å². The van der Waals surface area contributed by atoms with Crippen molar-refractivity contribution >= 4 is 17.4 Å². The van der Waals surface area contributed by atoms with Gasteiger partial charge in [0.1, 0.15) is 23.4 Å². The van der Waals surface area contributed by atoms with Crippen LogP contribution in [-0.4, -0.2) is 85.4 Å². The first-order valence-corrected chi connectivity index (χ1v) is 13.0. The van der Waals surface area contributed by atoms with Crippen LogP contribution in [-0.2, 0) is 25.4 Å². The molecule has 3 aliphatic heterocycles. The molecule has 8 nitrogen and oxygen atoms in total. The van der Waals surface area contributed by atoms with Gasteiger partial charge in [0.15, 0.2) is 5.78 Å². The topological polar surface area (TPSA) is 92.1 Å². The number of benzene rings is 1. The number of hydrogen-bond acceptors (Lipinski definition) is 7. The maximum Gasteiger partial charge on any atom is 0.410 e. The molecule has 0 bridgehead atoms. The summed E-state index contributed by atoms with van der Waals surface area (Å²) in [4.78, 5) is 29.6. The first-order chi connectivity index (χ1) is 17.6. The SMILES string of the molecule is CC(C)(C)OC(=O)N1CCCO[C@H](C(=O)C(C#N)Cc2ccc(C3=CCN(C4COC4)CC3)cc2F)C1. The fraction of sp³-hybridized carbons (Fsp3) is 0.607. The summed E-state index contributed by atoms with van der Waals surface area (Å²) in [5.41, 5.74) is 1.57. The zero-order valence-corrected chi connectivity index (χ0v) is 21.9. The largest absolute Gasteiger partial charge is 0.444 e. The van der Waals surface area contributed by atoms with E-state index >= 15 is 4.39 Å². The van der Waals surface area contributed by atoms with Gasteiger partial charge in [-0.2, -0.15) is 5.26 Å². The Bertz CT molecular complexity index is 1070. The van der Waals surface area contributed by atoms with E-state index in [9.17, 15) is 14.9 Å². The number of rotatable bonds is 6. The van der Waals surface area contributed by atoms with Gasteiger partial charge in [0, 0.05) is 26.2 Å². The number of nitrogens with zero attached hydrogens (tertiary/aromatic N) is 3. The van der Waals surface area contributed by atoms with E-state index in [1.807, 2.05) is 12.1 Å². The van der Waals surface area contributed by atoms with Crippen LogP contribution < -0.4 is 0 Å². The number of carbonyl (C=O) groups is 2. The minimum atomic E-state index is -1.09. The van der Waals surface area contributed by atoms with Crippen LogP contribution in [0.5, 0.6) is 0 Å². The van der Waals surface area contributed by atoms with E-state index in [2.05, 4.69) is 11.0 Å². The molecule has 37 heavy (non-hydrogen) atoms. The zero-order valence-electron chi connectivity index (χ0n) is 21.9. The van der Waals surface area contributed by atoms with E-state index < -0.39 is 35.3 Å². The lowest BCUT2D eigenvalue weighted by Gasteiger charge is -2.38. The molecule has 200 valence electrons. The number of nitriles is 1. The summed E-state index contributed by atoms with van der Waals surface area (Å²) in [6.07, 6.45) is 1.99. The van der Waals surface area contributed by atoms with Crippen molar-refractivity contribution in [2.45, 2.75) is 57.8 Å². The van der Waals surface area contributed by atoms with Gasteiger partial charge >= 0.3 is 6.09 Å². The maximum absolute atomic E-state index is 15.1. The molecule has 1 unspecified atom stereocenters. The third-order valence-electron chi connectivity index (χ3n) is 6.97. The molecular weight excluding hydrogens is 477 g/mol. The van der Waals surface area contributed by atoms with Gasteiger partial charge in [-0.3, -0.25) is 9.69 Å². The molecule has 2 atom stereocenters. The average Bonchev–Trinajstić information content (AvgIpc) is 3.08. The lowest BCUT2D eigenvalue weighted by molar-refractivity contribution is -0.132. The van der Waals surface area contributed by atoms with Gasteiger partial charge in [-0.05, 0) is 62.8 Å². The van der Waals surface area contributed by atoms with Crippen LogP contribution >= 0.6 is 0 Å². The highest BCUT2D eigenvalue weighted by Gasteiger charge is 2.34. The number of amides is 1. The maximum atomic E-state index is 15.1. The Balaban J connectivity index is 1.39. The van der Waals surface area contributed by atoms with Crippen LogP contribution in [0.4, 0.5) is 9.18 Å². The van der Waals surface area contributed by atoms with E-state index in [1.54, 1.807) is 26.8 Å². The third-order valence-corrected chi connectivity index (χ3v) is 6.97. The van der Waals surface area contributed by atoms with Crippen LogP contribution in [0.2, 0.25) is 0 Å². The number of hydrogen-bond donors (Lipinski definition) is 0. The first-order valence-electron chi connectivity index (χ1n) is 13.0. The third kappa shape index (κ3) is 6.95. The standard InChI is InChI=1S/C28H36FN3O5/c1-28(2,3)37-27(34)32-9-4-12-36-25(16-32)26(33)22(15-30)13-21-6-5-20(14-24(21)29)19-7-10-31(11-8-19)23-17-35-18-23/h5-7,14,22-23,25H,4,8-13,16-18H2,1-3H3/t22?,25-/m0/s1. The van der Waals surface area contributed by atoms with Gasteiger partial charge in [0.25, 0.3) is 0 Å². The van der Waals surface area contributed by atoms with E-state index in [0.29, 0.717) is 24.6 Å². The van der Waals surface area contributed by atoms with Gasteiger partial charge in [0.05, 0.1) is 31.9 Å². The fourth-order valence-electron chi connectivity index (χ4n) is 4.77. The normalized spacial score (nSPS) is 22.3. The minimum Gasteiger partial charge on any atom is -0.444 e. The Labute approximate surface area is 217 Å². The van der Waals surface area contributed by atoms with Crippen molar-refractivity contribution in [1.29, 1.82) is 5.26 Å². The Kier molecular flexibility index (Phi) is 8.63. The van der Waals surface area contributed by atoms with Crippen LogP contribution in [0.1, 0.15) is 44.7 Å². The molecule has 1 amide bonds. The average molecular weight is 514 g/mol. The summed E-state index contributed by atoms with van der Waals surface area (Å²) >= 11 is 0. The Hall–Kier alpha value is -2.80. The van der Waals surface area contributed by atoms with Crippen molar-refractivity contribution in [1.82, 2.24) is 9.80 Å². The Morgan fingerprint density at radius 2 is 2.05 bits per heavy atom. The summed E-state index contributed by atoms with van der Waals surface area (Å²) in [6.45, 7) is 9.30. The molecule has 1 aromatic carbocycles. The zero-order chi connectivity index (χ0) is 26.6. The molecule has 0 spiro atoms. The summed E-state index contributed by atoms with van der Waals surface area (Å²) in [5, 5.41) is 9.75. The van der Waals surface area contributed by atoms with E-state index in [-0.39, 0.29) is 19.6 Å². The number of halogens is 1. The Morgan fingerprint density at radius 1 is 1.27 bits per heavy atom. The second kappa shape index (κ2) is 11.7. The molecule has 9 heteroatoms. The van der Waals surface area contributed by atoms with Gasteiger partial charge in [-0.1, -0.05) is 18.2 Å². The predicted molar refractivity (Wildman–Crippen MR) is 135 cm³/mol. The number of ketones is 1. The lowest BCUT2D eigenvalue weighted by atomic mass is 9.91. The van der Waals surface area contributed by atoms with E-state index in [0.717, 1.165) is 43.9 Å². The van der Waals surface area contributed by atoms with Crippen molar-refractivity contribution in [3.63, 3.8) is 0 Å². The quantitative estimate of drug-likeness (QED) is 0.574. The molecule has 0 N–H and O–H groups in total. The second-order valence-electron chi connectivity index (χ2n) is 10.9. The van der Waals surface area contributed by atoms with Crippen molar-refractivity contribution in [2.24, 2.45) is 5.92 Å². The summed E-state index contributed by atoms with van der Waals surface area (Å²) in [5.74, 6) is -1.97. The summed E-state index contributed by atoms with van der Waals surface area (Å²) in [7, 11) is 0. The van der Waals surface area contributed by atoms with Crippen LogP contribution in [0, 0.1) is 23.1 Å². The monoisotopic (exact) mass is 513 g/mol. The molecular formula is C28H36FN3O5. The fourth-order valence-corrected chi connectivity index (χ4v) is 4.77. The molecule has 0 radical (unpaired) electrons. The number of carbonyl (C=O) groups excluding carboxylic acids is 2. The highest BCUT2D eigenvalue weighted by molar-refractivity contribution is 5.88. The van der Waals surface area contributed by atoms with Crippen LogP contribution in [0.3, 0.4) is 0 Å². The Morgan fingerprint density at radius 3 is 2.65 bits per heavy atom. The van der Waals surface area contributed by atoms with Gasteiger partial charge < -0.3 is 19.1 Å². The lowest BCUT2D eigenvalue weighted by Crippen LogP contribution is -2.50. The number of Topliss-reactive ketones (excluding diaryl/α,β-unsaturated/α-hetero) is 1. The van der Waals surface area contributed by atoms with Gasteiger partial charge in [-0.15, -0.1) is 0 Å². The van der Waals surface area contributed by atoms with Gasteiger partial charge in [-0.25, -0.2) is 9.18 Å². The molecule has 2 saturated heterocycles. The van der Waals surface area contributed by atoms with Crippen LogP contribution in [0.15, 0.2) is 24.3 Å². The molecule has 4 rings (SSSR count). The second-order valence-corrected chi connectivity index (χ2v) is 10.9. The smallest absolute Gasteiger partial charge is 0.410 e. The molecule has 3 aliphatic rings. The first kappa shape index (κ1) is 27.2. The molecule has 1 aromatic rings. The summed E-state index contributed by atoms with van der Waals surface area (Å²) in [6, 6.07) is 7.52. The summed E-state index contributed by atoms with van der Waals surface area (Å²) < 4.78 is 31.5. The van der Waals surface area contributed by atoms with Crippen molar-refractivity contribution in [3.05, 3.63) is 41.2 Å². The molecule has 0 aliphatic carbocycles. The molecule has 2 fully saturated rings. The van der Waals surface area contributed by atoms with E-state index in [1.165, 1.54) is 11.0 Å². The molecule has 0 saturated carbocycles. The van der Waals surface area contributed by atoms with Crippen LogP contribution in [0.25, 0.3) is 5.57 Å². The molecule has 0 aromatic heterocycles. The highest BCUT2D eigenvalue weighted by atomic mass is 19.1. The van der Waals surface area contributed by atoms with Crippen molar-refractivity contribution in [2.75, 3.05) is 46.0 Å². The van der Waals surface area contributed by atoms with Crippen molar-refractivity contribution < 1.29 is 28.2 Å². The van der Waals surface area contributed by atoms with Crippen molar-refractivity contribution in [3.8, 4) is 6.07 Å². The number of ether oxygens (including phenoxy) is 3. The highest BCUT2D eigenvalue weighted by Crippen LogP contribution is 2.27. The molecule has 3 heterocycles. The predicted octanol–water partition coefficient (Wildman–Crippen LogP) is 3.59. The minimum absolute atomic E-state index is 0.00546. The van der Waals surface area contributed by atoms with Gasteiger partial charge in [0.2, 0.25) is 0 Å².